The Morgan fingerprint density at radius 1 is 1.13 bits per heavy atom. The van der Waals surface area contributed by atoms with E-state index in [9.17, 15) is 23.5 Å². The third-order valence-electron chi connectivity index (χ3n) is 8.23. The van der Waals surface area contributed by atoms with Crippen molar-refractivity contribution >= 4 is 17.4 Å². The molecule has 11 heteroatoms. The number of ether oxygens (including phenoxy) is 1. The number of primary amides is 1. The standard InChI is InChI=1S/C35H42F2N4O5/c1-4-10-41(11-5-2)33(43)26-17-25(32-40-9-12-46-32)19-35(20-26,34(38)44)30(16-24-13-27(36)18-28(37)14-24)31(42)22-39-21-23-7-6-8-29(15-23)45-3/h6-9,12-15,17-19,30-31,39,42H,4-5,10-11,16,20-22H2,1-3H3,(H2,38,44)/t30-,31+,35?/m1/s1. The number of nitrogens with zero attached hydrogens (tertiary/aromatic N) is 2. The van der Waals surface area contributed by atoms with E-state index in [2.05, 4.69) is 10.3 Å². The lowest BCUT2D eigenvalue weighted by atomic mass is 9.63. The summed E-state index contributed by atoms with van der Waals surface area (Å²) in [6.07, 6.45) is 5.99. The van der Waals surface area contributed by atoms with Gasteiger partial charge in [-0.15, -0.1) is 0 Å². The summed E-state index contributed by atoms with van der Waals surface area (Å²) in [4.78, 5) is 33.6. The predicted octanol–water partition coefficient (Wildman–Crippen LogP) is 4.80. The fourth-order valence-corrected chi connectivity index (χ4v) is 6.12. The number of allylic oxidation sites excluding steroid dienone is 2. The second-order valence-electron chi connectivity index (χ2n) is 11.6. The Kier molecular flexibility index (Phi) is 11.8. The van der Waals surface area contributed by atoms with Crippen LogP contribution >= 0.6 is 0 Å². The van der Waals surface area contributed by atoms with E-state index in [0.717, 1.165) is 36.6 Å². The number of aromatic nitrogens is 1. The van der Waals surface area contributed by atoms with Crippen LogP contribution in [0.4, 0.5) is 8.78 Å². The number of halogens is 2. The van der Waals surface area contributed by atoms with Gasteiger partial charge in [-0.3, -0.25) is 9.59 Å². The summed E-state index contributed by atoms with van der Waals surface area (Å²) in [5, 5.41) is 15.0. The molecule has 0 bridgehead atoms. The molecule has 4 rings (SSSR count). The maximum Gasteiger partial charge on any atom is 0.249 e. The molecule has 2 aromatic carbocycles. The van der Waals surface area contributed by atoms with Gasteiger partial charge in [0.2, 0.25) is 17.7 Å². The quantitative estimate of drug-likeness (QED) is 0.206. The van der Waals surface area contributed by atoms with E-state index in [1.165, 1.54) is 12.5 Å². The van der Waals surface area contributed by atoms with E-state index in [4.69, 9.17) is 14.9 Å². The van der Waals surface area contributed by atoms with Gasteiger partial charge >= 0.3 is 0 Å². The molecule has 4 N–H and O–H groups in total. The Bertz CT molecular complexity index is 1530. The highest BCUT2D eigenvalue weighted by atomic mass is 19.1. The lowest BCUT2D eigenvalue weighted by molar-refractivity contribution is -0.132. The minimum atomic E-state index is -1.66. The molecular formula is C35H42F2N4O5. The van der Waals surface area contributed by atoms with E-state index in [1.807, 2.05) is 38.1 Å². The first-order valence-electron chi connectivity index (χ1n) is 15.5. The molecule has 1 heterocycles. The van der Waals surface area contributed by atoms with Crippen LogP contribution < -0.4 is 15.8 Å². The Labute approximate surface area is 268 Å². The van der Waals surface area contributed by atoms with Crippen molar-refractivity contribution in [2.45, 2.75) is 52.2 Å². The molecule has 1 aliphatic rings. The SMILES string of the molecule is CCCN(CCC)C(=O)C1=CC(c2ncco2)=CC(C(N)=O)([C@H](Cc2cc(F)cc(F)c2)[C@@H](O)CNCc2cccc(OC)c2)C1. The van der Waals surface area contributed by atoms with Crippen molar-refractivity contribution in [3.05, 3.63) is 101 Å². The smallest absolute Gasteiger partial charge is 0.249 e. The zero-order valence-corrected chi connectivity index (χ0v) is 26.5. The minimum absolute atomic E-state index is 0.00165. The molecule has 0 spiro atoms. The largest absolute Gasteiger partial charge is 0.497 e. The molecule has 1 unspecified atom stereocenters. The monoisotopic (exact) mass is 636 g/mol. The van der Waals surface area contributed by atoms with Crippen molar-refractivity contribution < 1.29 is 32.6 Å². The summed E-state index contributed by atoms with van der Waals surface area (Å²) in [5.41, 5.74) is 6.30. The molecule has 46 heavy (non-hydrogen) atoms. The van der Waals surface area contributed by atoms with E-state index in [0.29, 0.717) is 36.5 Å². The number of amides is 2. The van der Waals surface area contributed by atoms with Gasteiger partial charge in [0, 0.05) is 49.3 Å². The van der Waals surface area contributed by atoms with Gasteiger partial charge in [0.05, 0.1) is 24.8 Å². The molecule has 3 atom stereocenters. The highest BCUT2D eigenvalue weighted by molar-refractivity contribution is 6.00. The highest BCUT2D eigenvalue weighted by Gasteiger charge is 2.49. The van der Waals surface area contributed by atoms with E-state index < -0.39 is 35.0 Å². The first kappa shape index (κ1) is 34.5. The van der Waals surface area contributed by atoms with Gasteiger partial charge < -0.3 is 30.2 Å². The van der Waals surface area contributed by atoms with Crippen molar-refractivity contribution in [1.29, 1.82) is 0 Å². The summed E-state index contributed by atoms with van der Waals surface area (Å²) in [6.45, 7) is 5.33. The Hall–Kier alpha value is -4.35. The molecule has 2 amide bonds. The van der Waals surface area contributed by atoms with Crippen molar-refractivity contribution in [3.8, 4) is 5.75 Å². The lowest BCUT2D eigenvalue weighted by Gasteiger charge is -2.42. The third-order valence-corrected chi connectivity index (χ3v) is 8.23. The van der Waals surface area contributed by atoms with Crippen LogP contribution in [-0.2, 0) is 22.6 Å². The van der Waals surface area contributed by atoms with Crippen molar-refractivity contribution in [2.75, 3.05) is 26.7 Å². The summed E-state index contributed by atoms with van der Waals surface area (Å²) in [5.74, 6) is -2.84. The Morgan fingerprint density at radius 2 is 1.85 bits per heavy atom. The van der Waals surface area contributed by atoms with Gasteiger partial charge in [0.25, 0.3) is 0 Å². The van der Waals surface area contributed by atoms with Crippen LogP contribution in [0.5, 0.6) is 5.75 Å². The lowest BCUT2D eigenvalue weighted by Crippen LogP contribution is -2.51. The van der Waals surface area contributed by atoms with Gasteiger partial charge in [-0.1, -0.05) is 32.1 Å². The fourth-order valence-electron chi connectivity index (χ4n) is 6.12. The summed E-state index contributed by atoms with van der Waals surface area (Å²) in [6, 6.07) is 10.5. The first-order chi connectivity index (χ1) is 22.1. The molecule has 0 aliphatic heterocycles. The number of nitrogens with one attached hydrogen (secondary N) is 1. The number of carbonyl (C=O) groups excluding carboxylic acids is 2. The van der Waals surface area contributed by atoms with Gasteiger partial charge in [-0.2, -0.15) is 0 Å². The number of nitrogens with two attached hydrogens (primary N) is 1. The maximum atomic E-state index is 14.4. The molecule has 3 aromatic rings. The number of methoxy groups -OCH3 is 1. The molecule has 0 saturated heterocycles. The van der Waals surface area contributed by atoms with Crippen LogP contribution in [0.1, 0.15) is 50.1 Å². The summed E-state index contributed by atoms with van der Waals surface area (Å²) in [7, 11) is 1.57. The number of aliphatic hydroxyl groups is 1. The minimum Gasteiger partial charge on any atom is -0.497 e. The van der Waals surface area contributed by atoms with Gasteiger partial charge in [-0.05, 0) is 67.2 Å². The molecule has 1 aliphatic carbocycles. The zero-order chi connectivity index (χ0) is 33.3. The molecule has 0 fully saturated rings. The van der Waals surface area contributed by atoms with E-state index in [-0.39, 0.29) is 36.7 Å². The second kappa shape index (κ2) is 15.8. The second-order valence-corrected chi connectivity index (χ2v) is 11.6. The number of carbonyl (C=O) groups is 2. The molecular weight excluding hydrogens is 594 g/mol. The number of rotatable bonds is 16. The van der Waals surface area contributed by atoms with E-state index in [1.54, 1.807) is 24.2 Å². The molecule has 246 valence electrons. The highest BCUT2D eigenvalue weighted by Crippen LogP contribution is 2.46. The normalized spacial score (nSPS) is 17.5. The topological polar surface area (TPSA) is 131 Å². The number of hydrogen-bond donors (Lipinski definition) is 3. The maximum absolute atomic E-state index is 14.4. The van der Waals surface area contributed by atoms with Gasteiger partial charge in [0.1, 0.15) is 23.6 Å². The Balaban J connectivity index is 1.77. The summed E-state index contributed by atoms with van der Waals surface area (Å²) < 4.78 is 39.6. The van der Waals surface area contributed by atoms with Crippen molar-refractivity contribution in [1.82, 2.24) is 15.2 Å². The molecule has 0 radical (unpaired) electrons. The average Bonchev–Trinajstić information content (AvgIpc) is 3.58. The van der Waals surface area contributed by atoms with E-state index >= 15 is 0 Å². The number of oxazole rings is 1. The molecule has 0 saturated carbocycles. The fraction of sp³-hybridized carbons (Fsp3) is 0.400. The van der Waals surface area contributed by atoms with Crippen LogP contribution in [-0.4, -0.2) is 59.7 Å². The Morgan fingerprint density at radius 3 is 2.46 bits per heavy atom. The van der Waals surface area contributed by atoms with Crippen LogP contribution in [0.25, 0.3) is 5.57 Å². The average molecular weight is 637 g/mol. The van der Waals surface area contributed by atoms with Crippen LogP contribution in [0.15, 0.2) is 77.1 Å². The zero-order valence-electron chi connectivity index (χ0n) is 26.5. The van der Waals surface area contributed by atoms with Gasteiger partial charge in [0.15, 0.2) is 0 Å². The van der Waals surface area contributed by atoms with Crippen LogP contribution in [0.2, 0.25) is 0 Å². The van der Waals surface area contributed by atoms with Gasteiger partial charge in [-0.25, -0.2) is 13.8 Å². The number of hydrogen-bond acceptors (Lipinski definition) is 7. The van der Waals surface area contributed by atoms with Crippen LogP contribution in [0, 0.1) is 23.0 Å². The summed E-state index contributed by atoms with van der Waals surface area (Å²) >= 11 is 0. The number of benzene rings is 2. The first-order valence-corrected chi connectivity index (χ1v) is 15.5. The predicted molar refractivity (Wildman–Crippen MR) is 170 cm³/mol. The molecule has 1 aromatic heterocycles. The number of aliphatic hydroxyl groups excluding tert-OH is 1. The molecule has 9 nitrogen and oxygen atoms in total. The third kappa shape index (κ3) is 8.27. The van der Waals surface area contributed by atoms with Crippen molar-refractivity contribution in [3.63, 3.8) is 0 Å². The van der Waals surface area contributed by atoms with Crippen LogP contribution in [0.3, 0.4) is 0 Å². The van der Waals surface area contributed by atoms with Crippen molar-refractivity contribution in [2.24, 2.45) is 17.1 Å².